The Bertz CT molecular complexity index is 937. The van der Waals surface area contributed by atoms with Crippen LogP contribution in [-0.4, -0.2) is 52.7 Å². The number of likely N-dealkylation sites (N-methyl/N-ethyl adjacent to an activating group) is 1. The number of carbonyl (C=O) groups excluding carboxylic acids is 1. The van der Waals surface area contributed by atoms with Crippen molar-refractivity contribution in [1.82, 2.24) is 19.6 Å². The summed E-state index contributed by atoms with van der Waals surface area (Å²) < 4.78 is 15.6. The molecule has 0 aliphatic heterocycles. The molecule has 3 rings (SSSR count). The number of nitrogens with zero attached hydrogens (tertiary/aromatic N) is 4. The topological polar surface area (TPSA) is 41.4 Å². The van der Waals surface area contributed by atoms with Gasteiger partial charge in [-0.2, -0.15) is 5.10 Å². The lowest BCUT2D eigenvalue weighted by Crippen LogP contribution is -2.36. The van der Waals surface area contributed by atoms with Crippen LogP contribution in [0.15, 0.2) is 60.8 Å². The van der Waals surface area contributed by atoms with Gasteiger partial charge in [-0.25, -0.2) is 9.07 Å². The highest BCUT2D eigenvalue weighted by Crippen LogP contribution is 2.19. The Morgan fingerprint density at radius 2 is 1.71 bits per heavy atom. The Hall–Kier alpha value is -2.99. The summed E-state index contributed by atoms with van der Waals surface area (Å²) in [6.45, 7) is 3.64. The molecule has 0 radical (unpaired) electrons. The number of carbonyl (C=O) groups is 1. The third-order valence-corrected chi connectivity index (χ3v) is 4.64. The maximum atomic E-state index is 14.2. The Morgan fingerprint density at radius 3 is 2.39 bits per heavy atom. The van der Waals surface area contributed by atoms with Gasteiger partial charge in [0.25, 0.3) is 5.91 Å². The van der Waals surface area contributed by atoms with Gasteiger partial charge in [-0.05, 0) is 38.7 Å². The SMILES string of the molecule is Cc1c(C(=O)N(CCN(C)C)Cc2ccccc2)cnn1-c1ccccc1F. The van der Waals surface area contributed by atoms with Crippen molar-refractivity contribution < 1.29 is 9.18 Å². The van der Waals surface area contributed by atoms with E-state index in [-0.39, 0.29) is 11.7 Å². The maximum Gasteiger partial charge on any atom is 0.257 e. The van der Waals surface area contributed by atoms with Gasteiger partial charge in [0.2, 0.25) is 0 Å². The fourth-order valence-corrected chi connectivity index (χ4v) is 3.03. The molecule has 0 unspecified atom stereocenters. The Morgan fingerprint density at radius 1 is 1.04 bits per heavy atom. The van der Waals surface area contributed by atoms with Gasteiger partial charge in [0.1, 0.15) is 11.5 Å². The van der Waals surface area contributed by atoms with E-state index in [0.29, 0.717) is 30.0 Å². The average Bonchev–Trinajstić information content (AvgIpc) is 3.07. The van der Waals surface area contributed by atoms with Gasteiger partial charge in [0.15, 0.2) is 0 Å². The molecule has 0 fully saturated rings. The fraction of sp³-hybridized carbons (Fsp3) is 0.273. The summed E-state index contributed by atoms with van der Waals surface area (Å²) in [5.74, 6) is -0.479. The molecule has 0 bridgehead atoms. The maximum absolute atomic E-state index is 14.2. The van der Waals surface area contributed by atoms with Crippen LogP contribution in [0.5, 0.6) is 0 Å². The van der Waals surface area contributed by atoms with Crippen molar-refractivity contribution in [1.29, 1.82) is 0 Å². The predicted molar refractivity (Wildman–Crippen MR) is 108 cm³/mol. The summed E-state index contributed by atoms with van der Waals surface area (Å²) in [6.07, 6.45) is 1.53. The van der Waals surface area contributed by atoms with Crippen molar-refractivity contribution in [2.45, 2.75) is 13.5 Å². The van der Waals surface area contributed by atoms with Crippen molar-refractivity contribution in [2.24, 2.45) is 0 Å². The zero-order valence-corrected chi connectivity index (χ0v) is 16.5. The zero-order chi connectivity index (χ0) is 20.1. The number of aromatic nitrogens is 2. The minimum Gasteiger partial charge on any atom is -0.333 e. The van der Waals surface area contributed by atoms with Gasteiger partial charge in [-0.3, -0.25) is 4.79 Å². The minimum atomic E-state index is -0.374. The van der Waals surface area contributed by atoms with E-state index in [1.807, 2.05) is 54.2 Å². The van der Waals surface area contributed by atoms with Crippen LogP contribution < -0.4 is 0 Å². The lowest BCUT2D eigenvalue weighted by Gasteiger charge is -2.24. The lowest BCUT2D eigenvalue weighted by atomic mass is 10.1. The molecule has 28 heavy (non-hydrogen) atoms. The van der Waals surface area contributed by atoms with Gasteiger partial charge in [-0.15, -0.1) is 0 Å². The van der Waals surface area contributed by atoms with Crippen molar-refractivity contribution in [2.75, 3.05) is 27.2 Å². The van der Waals surface area contributed by atoms with E-state index in [9.17, 15) is 9.18 Å². The number of hydrogen-bond donors (Lipinski definition) is 0. The third-order valence-electron chi connectivity index (χ3n) is 4.64. The molecular formula is C22H25FN4O. The molecule has 0 saturated heterocycles. The number of hydrogen-bond acceptors (Lipinski definition) is 3. The van der Waals surface area contributed by atoms with Gasteiger partial charge in [0, 0.05) is 19.6 Å². The highest BCUT2D eigenvalue weighted by molar-refractivity contribution is 5.95. The first-order valence-electron chi connectivity index (χ1n) is 9.25. The normalized spacial score (nSPS) is 11.0. The van der Waals surface area contributed by atoms with Crippen LogP contribution in [-0.2, 0) is 6.54 Å². The molecule has 1 heterocycles. The van der Waals surface area contributed by atoms with Crippen LogP contribution >= 0.6 is 0 Å². The summed E-state index contributed by atoms with van der Waals surface area (Å²) in [5.41, 5.74) is 2.51. The van der Waals surface area contributed by atoms with E-state index in [4.69, 9.17) is 0 Å². The standard InChI is InChI=1S/C22H25FN4O/c1-17-19(15-24-27(17)21-12-8-7-11-20(21)23)22(28)26(14-13-25(2)3)16-18-9-5-4-6-10-18/h4-12,15H,13-14,16H2,1-3H3. The molecule has 2 aromatic carbocycles. The lowest BCUT2D eigenvalue weighted by molar-refractivity contribution is 0.0731. The zero-order valence-electron chi connectivity index (χ0n) is 16.5. The van der Waals surface area contributed by atoms with Crippen LogP contribution in [0.3, 0.4) is 0 Å². The largest absolute Gasteiger partial charge is 0.333 e. The second-order valence-electron chi connectivity index (χ2n) is 7.02. The summed E-state index contributed by atoms with van der Waals surface area (Å²) >= 11 is 0. The molecule has 0 N–H and O–H groups in total. The molecule has 0 atom stereocenters. The van der Waals surface area contributed by atoms with Gasteiger partial charge >= 0.3 is 0 Å². The highest BCUT2D eigenvalue weighted by Gasteiger charge is 2.22. The summed E-state index contributed by atoms with van der Waals surface area (Å²) in [7, 11) is 3.96. The molecule has 3 aromatic rings. The van der Waals surface area contributed by atoms with Crippen molar-refractivity contribution in [3.63, 3.8) is 0 Å². The molecular weight excluding hydrogens is 355 g/mol. The molecule has 5 nitrogen and oxygen atoms in total. The second-order valence-corrected chi connectivity index (χ2v) is 7.02. The molecule has 0 aliphatic rings. The first-order valence-corrected chi connectivity index (χ1v) is 9.25. The Balaban J connectivity index is 1.89. The van der Waals surface area contributed by atoms with Crippen molar-refractivity contribution >= 4 is 5.91 Å². The smallest absolute Gasteiger partial charge is 0.257 e. The van der Waals surface area contributed by atoms with E-state index in [1.54, 1.807) is 25.1 Å². The minimum absolute atomic E-state index is 0.106. The summed E-state index contributed by atoms with van der Waals surface area (Å²) in [4.78, 5) is 17.1. The third kappa shape index (κ3) is 4.46. The highest BCUT2D eigenvalue weighted by atomic mass is 19.1. The van der Waals surface area contributed by atoms with Gasteiger partial charge in [0.05, 0.1) is 17.5 Å². The van der Waals surface area contributed by atoms with E-state index in [0.717, 1.165) is 12.1 Å². The number of halogens is 1. The number of amides is 1. The summed E-state index contributed by atoms with van der Waals surface area (Å²) in [6, 6.07) is 16.3. The number of benzene rings is 2. The number of para-hydroxylation sites is 1. The van der Waals surface area contributed by atoms with Crippen LogP contribution in [0, 0.1) is 12.7 Å². The predicted octanol–water partition coefficient (Wildman–Crippen LogP) is 3.52. The Kier molecular flexibility index (Phi) is 6.21. The number of rotatable bonds is 7. The van der Waals surface area contributed by atoms with E-state index in [1.165, 1.54) is 16.9 Å². The Labute approximate surface area is 165 Å². The fourth-order valence-electron chi connectivity index (χ4n) is 3.03. The van der Waals surface area contributed by atoms with Gasteiger partial charge < -0.3 is 9.80 Å². The van der Waals surface area contributed by atoms with Crippen LogP contribution in [0.25, 0.3) is 5.69 Å². The molecule has 0 aliphatic carbocycles. The van der Waals surface area contributed by atoms with Crippen LogP contribution in [0.4, 0.5) is 4.39 Å². The van der Waals surface area contributed by atoms with Crippen molar-refractivity contribution in [3.8, 4) is 5.69 Å². The molecule has 1 amide bonds. The molecule has 1 aromatic heterocycles. The van der Waals surface area contributed by atoms with Crippen LogP contribution in [0.1, 0.15) is 21.6 Å². The first kappa shape index (κ1) is 19.8. The van der Waals surface area contributed by atoms with Crippen LogP contribution in [0.2, 0.25) is 0 Å². The van der Waals surface area contributed by atoms with E-state index >= 15 is 0 Å². The average molecular weight is 380 g/mol. The van der Waals surface area contributed by atoms with E-state index in [2.05, 4.69) is 5.10 Å². The molecule has 0 spiro atoms. The van der Waals surface area contributed by atoms with E-state index < -0.39 is 0 Å². The van der Waals surface area contributed by atoms with Crippen molar-refractivity contribution in [3.05, 3.63) is 83.4 Å². The quantitative estimate of drug-likeness (QED) is 0.630. The van der Waals surface area contributed by atoms with Gasteiger partial charge in [-0.1, -0.05) is 42.5 Å². The molecule has 6 heteroatoms. The first-order chi connectivity index (χ1) is 13.5. The summed E-state index contributed by atoms with van der Waals surface area (Å²) in [5, 5.41) is 4.27. The second kappa shape index (κ2) is 8.80. The molecule has 146 valence electrons. The monoisotopic (exact) mass is 380 g/mol. The molecule has 0 saturated carbocycles.